The molecule has 5 nitrogen and oxygen atoms in total. The van der Waals surface area contributed by atoms with Crippen LogP contribution in [0.3, 0.4) is 0 Å². The van der Waals surface area contributed by atoms with Crippen LogP contribution < -0.4 is 9.30 Å². The molecule has 0 spiro atoms. The van der Waals surface area contributed by atoms with E-state index in [1.165, 1.54) is 123 Å². The van der Waals surface area contributed by atoms with Crippen LogP contribution in [0.15, 0.2) is 95.9 Å². The van der Waals surface area contributed by atoms with Crippen molar-refractivity contribution in [2.24, 2.45) is 0 Å². The normalized spacial score (nSPS) is 13.2. The summed E-state index contributed by atoms with van der Waals surface area (Å²) in [5.41, 5.74) is 14.1. The standard InChI is InChI=1S/C48H55NO4S/c1-3-4-5-6-7-8-9-10-11-12-13-14-19-35-24-29-39(30-25-35)49-47-40-22-17-15-20-36(40)26-31-42(47)46(38-28-33-44(53-2)45(34-38)54(50,51)52)43-32-27-37-21-16-18-23-41(37)48(43)49/h15-18,20-25,28-30,33-34H,3-14,19,26-27,31-32H2,1-2H3/p+1. The van der Waals surface area contributed by atoms with Gasteiger partial charge >= 0.3 is 0 Å². The van der Waals surface area contributed by atoms with E-state index in [0.29, 0.717) is 0 Å². The first-order valence-electron chi connectivity index (χ1n) is 20.4. The fourth-order valence-electron chi connectivity index (χ4n) is 8.93. The number of nitrogens with zero attached hydrogens (tertiary/aromatic N) is 1. The Hall–Kier alpha value is -4.26. The van der Waals surface area contributed by atoms with Crippen molar-refractivity contribution in [3.05, 3.63) is 119 Å². The minimum absolute atomic E-state index is 0.134. The molecule has 0 amide bonds. The minimum Gasteiger partial charge on any atom is -0.495 e. The molecule has 5 aromatic rings. The highest BCUT2D eigenvalue weighted by Crippen LogP contribution is 2.46. The largest absolute Gasteiger partial charge is 0.495 e. The Kier molecular flexibility index (Phi) is 12.3. The van der Waals surface area contributed by atoms with Crippen molar-refractivity contribution in [2.45, 2.75) is 121 Å². The van der Waals surface area contributed by atoms with E-state index < -0.39 is 10.1 Å². The van der Waals surface area contributed by atoms with Gasteiger partial charge < -0.3 is 4.74 Å². The number of aromatic nitrogens is 1. The molecular weight excluding hydrogens is 687 g/mol. The van der Waals surface area contributed by atoms with Crippen molar-refractivity contribution in [3.8, 4) is 45.1 Å². The first kappa shape index (κ1) is 38.0. The number of pyridine rings is 1. The number of fused-ring (bicyclic) bond motifs is 6. The summed E-state index contributed by atoms with van der Waals surface area (Å²) in [6.45, 7) is 2.28. The van der Waals surface area contributed by atoms with Crippen molar-refractivity contribution in [1.29, 1.82) is 0 Å². The number of hydrogen-bond acceptors (Lipinski definition) is 3. The fraction of sp³-hybridized carbons (Fsp3) is 0.396. The Morgan fingerprint density at radius 2 is 1.15 bits per heavy atom. The van der Waals surface area contributed by atoms with Gasteiger partial charge in [0, 0.05) is 28.8 Å². The van der Waals surface area contributed by atoms with Gasteiger partial charge in [0.2, 0.25) is 17.1 Å². The zero-order chi connectivity index (χ0) is 37.5. The SMILES string of the molecule is CCCCCCCCCCCCCCc1ccc(-[n+]2c3c(c(-c4ccc(OC)c(S(=O)(=O)O)c4)c4c2-c2ccccc2CC4)CCc2ccccc2-3)cc1. The van der Waals surface area contributed by atoms with Gasteiger partial charge in [-0.25, -0.2) is 0 Å². The van der Waals surface area contributed by atoms with Crippen LogP contribution in [0, 0.1) is 0 Å². The van der Waals surface area contributed by atoms with Crippen molar-refractivity contribution < 1.29 is 22.3 Å². The Bertz CT molecular complexity index is 2110. The summed E-state index contributed by atoms with van der Waals surface area (Å²) < 4.78 is 43.4. The van der Waals surface area contributed by atoms with Gasteiger partial charge in [0.05, 0.1) is 18.2 Å². The van der Waals surface area contributed by atoms with Crippen LogP contribution in [-0.4, -0.2) is 20.1 Å². The van der Waals surface area contributed by atoms with E-state index in [2.05, 4.69) is 84.3 Å². The number of methoxy groups -OCH3 is 1. The van der Waals surface area contributed by atoms with E-state index >= 15 is 0 Å². The molecule has 282 valence electrons. The third kappa shape index (κ3) is 8.21. The molecule has 0 fully saturated rings. The molecule has 1 aromatic heterocycles. The molecular formula is C48H56NO4S+. The molecule has 1 N–H and O–H groups in total. The molecule has 0 aliphatic heterocycles. The zero-order valence-electron chi connectivity index (χ0n) is 32.2. The van der Waals surface area contributed by atoms with E-state index in [9.17, 15) is 13.0 Å². The van der Waals surface area contributed by atoms with E-state index in [0.717, 1.165) is 60.3 Å². The van der Waals surface area contributed by atoms with Crippen LogP contribution in [-0.2, 0) is 42.2 Å². The van der Waals surface area contributed by atoms with Gasteiger partial charge in [0.15, 0.2) is 0 Å². The van der Waals surface area contributed by atoms with Crippen LogP contribution in [0.25, 0.3) is 39.3 Å². The molecule has 0 saturated heterocycles. The molecule has 6 heteroatoms. The van der Waals surface area contributed by atoms with Crippen molar-refractivity contribution >= 4 is 10.1 Å². The molecule has 0 unspecified atom stereocenters. The monoisotopic (exact) mass is 742 g/mol. The lowest BCUT2D eigenvalue weighted by molar-refractivity contribution is -0.573. The number of aryl methyl sites for hydroxylation is 3. The molecule has 0 atom stereocenters. The number of benzene rings is 4. The van der Waals surface area contributed by atoms with Gasteiger partial charge in [-0.3, -0.25) is 4.55 Å². The molecule has 2 aliphatic carbocycles. The van der Waals surface area contributed by atoms with Crippen molar-refractivity contribution in [1.82, 2.24) is 0 Å². The van der Waals surface area contributed by atoms with Crippen LogP contribution >= 0.6 is 0 Å². The lowest BCUT2D eigenvalue weighted by atomic mass is 9.77. The molecule has 0 saturated carbocycles. The van der Waals surface area contributed by atoms with Crippen LogP contribution in [0.1, 0.15) is 112 Å². The first-order valence-corrected chi connectivity index (χ1v) is 21.9. The Morgan fingerprint density at radius 3 is 1.67 bits per heavy atom. The summed E-state index contributed by atoms with van der Waals surface area (Å²) in [4.78, 5) is -0.210. The second-order valence-electron chi connectivity index (χ2n) is 15.3. The Labute approximate surface area is 323 Å². The molecule has 0 bridgehead atoms. The van der Waals surface area contributed by atoms with E-state index in [1.54, 1.807) is 12.1 Å². The highest BCUT2D eigenvalue weighted by molar-refractivity contribution is 7.86. The topological polar surface area (TPSA) is 67.5 Å². The maximum atomic E-state index is 12.6. The molecule has 2 aliphatic rings. The maximum absolute atomic E-state index is 12.6. The molecule has 54 heavy (non-hydrogen) atoms. The third-order valence-corrected chi connectivity index (χ3v) is 12.6. The summed E-state index contributed by atoms with van der Waals surface area (Å²) in [7, 11) is -3.09. The van der Waals surface area contributed by atoms with Gasteiger partial charge in [0.25, 0.3) is 10.1 Å². The van der Waals surface area contributed by atoms with E-state index in [1.807, 2.05) is 6.07 Å². The predicted octanol–water partition coefficient (Wildman–Crippen LogP) is 11.7. The summed E-state index contributed by atoms with van der Waals surface area (Å²) in [5.74, 6) is 0.134. The van der Waals surface area contributed by atoms with Gasteiger partial charge in [-0.15, -0.1) is 0 Å². The highest BCUT2D eigenvalue weighted by Gasteiger charge is 2.39. The minimum atomic E-state index is -4.52. The van der Waals surface area contributed by atoms with E-state index in [4.69, 9.17) is 4.74 Å². The number of unbranched alkanes of at least 4 members (excludes halogenated alkanes) is 11. The van der Waals surface area contributed by atoms with Crippen LogP contribution in [0.5, 0.6) is 5.75 Å². The van der Waals surface area contributed by atoms with Crippen molar-refractivity contribution in [3.63, 3.8) is 0 Å². The summed E-state index contributed by atoms with van der Waals surface area (Å²) in [6.07, 6.45) is 20.8. The summed E-state index contributed by atoms with van der Waals surface area (Å²) in [5, 5.41) is 0. The Balaban J connectivity index is 1.23. The fourth-order valence-corrected chi connectivity index (χ4v) is 9.62. The smallest absolute Gasteiger partial charge is 0.298 e. The average Bonchev–Trinajstić information content (AvgIpc) is 3.20. The number of ether oxygens (including phenoxy) is 1. The average molecular weight is 743 g/mol. The maximum Gasteiger partial charge on any atom is 0.298 e. The second-order valence-corrected chi connectivity index (χ2v) is 16.7. The molecule has 7 rings (SSSR count). The van der Waals surface area contributed by atoms with Crippen LogP contribution in [0.2, 0.25) is 0 Å². The van der Waals surface area contributed by atoms with Gasteiger partial charge in [-0.2, -0.15) is 13.0 Å². The third-order valence-electron chi connectivity index (χ3n) is 11.7. The highest BCUT2D eigenvalue weighted by atomic mass is 32.2. The lowest BCUT2D eigenvalue weighted by Crippen LogP contribution is -2.41. The summed E-state index contributed by atoms with van der Waals surface area (Å²) >= 11 is 0. The van der Waals surface area contributed by atoms with E-state index in [-0.39, 0.29) is 10.6 Å². The first-order chi connectivity index (χ1) is 26.4. The summed E-state index contributed by atoms with van der Waals surface area (Å²) in [6, 6.07) is 31.8. The van der Waals surface area contributed by atoms with Crippen LogP contribution in [0.4, 0.5) is 0 Å². The zero-order valence-corrected chi connectivity index (χ0v) is 33.0. The second kappa shape index (κ2) is 17.5. The van der Waals surface area contributed by atoms with Gasteiger partial charge in [-0.05, 0) is 85.0 Å². The number of hydrogen-bond donors (Lipinski definition) is 1. The lowest BCUT2D eigenvalue weighted by Gasteiger charge is -2.28. The molecule has 4 aromatic carbocycles. The number of rotatable bonds is 17. The molecule has 1 heterocycles. The Morgan fingerprint density at radius 1 is 0.630 bits per heavy atom. The van der Waals surface area contributed by atoms with Gasteiger partial charge in [-0.1, -0.05) is 132 Å². The quantitative estimate of drug-likeness (QED) is 0.0585. The molecule has 0 radical (unpaired) electrons. The predicted molar refractivity (Wildman–Crippen MR) is 220 cm³/mol. The van der Waals surface area contributed by atoms with Gasteiger partial charge in [0.1, 0.15) is 10.6 Å². The van der Waals surface area contributed by atoms with Crippen molar-refractivity contribution in [2.75, 3.05) is 7.11 Å².